The Morgan fingerprint density at radius 2 is 2.04 bits per heavy atom. The first-order chi connectivity index (χ1) is 11.8. The summed E-state index contributed by atoms with van der Waals surface area (Å²) in [6, 6.07) is 9.07. The van der Waals surface area contributed by atoms with Crippen molar-refractivity contribution in [2.24, 2.45) is 7.05 Å². The fourth-order valence-corrected chi connectivity index (χ4v) is 2.16. The smallest absolute Gasteiger partial charge is 0.435 e. The van der Waals surface area contributed by atoms with Crippen molar-refractivity contribution < 1.29 is 22.7 Å². The summed E-state index contributed by atoms with van der Waals surface area (Å²) in [5, 5.41) is 5.62. The van der Waals surface area contributed by atoms with E-state index < -0.39 is 18.0 Å². The summed E-state index contributed by atoms with van der Waals surface area (Å²) in [4.78, 5) is 11.5. The Morgan fingerprint density at radius 3 is 2.68 bits per heavy atom. The first-order valence-electron chi connectivity index (χ1n) is 7.20. The Morgan fingerprint density at radius 1 is 1.36 bits per heavy atom. The summed E-state index contributed by atoms with van der Waals surface area (Å²) < 4.78 is 44.6. The first-order valence-corrected chi connectivity index (χ1v) is 7.57. The van der Waals surface area contributed by atoms with Crippen LogP contribution in [0.1, 0.15) is 16.8 Å². The first kappa shape index (κ1) is 18.9. The molecule has 0 radical (unpaired) electrons. The number of alkyl halides is 3. The third kappa shape index (κ3) is 5.25. The summed E-state index contributed by atoms with van der Waals surface area (Å²) in [6.45, 7) is 0.0825. The monoisotopic (exact) mass is 373 g/mol. The third-order valence-corrected chi connectivity index (χ3v) is 3.59. The number of halogens is 4. The van der Waals surface area contributed by atoms with Crippen LogP contribution in [0.15, 0.2) is 36.4 Å². The topological polar surface area (TPSA) is 56.2 Å². The molecule has 0 saturated carbocycles. The molecule has 0 atom stereocenters. The lowest BCUT2D eigenvalue weighted by atomic mass is 10.2. The van der Waals surface area contributed by atoms with Crippen molar-refractivity contribution in [3.8, 4) is 0 Å². The largest absolute Gasteiger partial charge is 0.445 e. The highest BCUT2D eigenvalue weighted by Gasteiger charge is 2.37. The van der Waals surface area contributed by atoms with Gasteiger partial charge in [0, 0.05) is 19.2 Å². The van der Waals surface area contributed by atoms with Gasteiger partial charge in [0.1, 0.15) is 11.8 Å². The molecule has 9 heteroatoms. The van der Waals surface area contributed by atoms with Crippen LogP contribution in [0.5, 0.6) is 0 Å². The number of alkyl carbamates (subject to hydrolysis) is 1. The van der Waals surface area contributed by atoms with E-state index in [1.54, 1.807) is 12.1 Å². The van der Waals surface area contributed by atoms with E-state index in [9.17, 15) is 18.0 Å². The number of hydrogen-bond acceptors (Lipinski definition) is 3. The predicted molar refractivity (Wildman–Crippen MR) is 86.9 cm³/mol. The quantitative estimate of drug-likeness (QED) is 0.860. The second kappa shape index (κ2) is 8.06. The molecule has 0 fully saturated rings. The molecule has 0 aliphatic rings. The standard InChI is InChI=1S/C16H15ClF3N3O2/c1-23-14(17)12(13(22-23)16(18,19)20)8-5-9-21-15(24)25-10-11-6-3-2-4-7-11/h2-8H,9-10H2,1H3,(H,21,24). The number of ether oxygens (including phenoxy) is 1. The number of nitrogens with one attached hydrogen (secondary N) is 1. The highest BCUT2D eigenvalue weighted by Crippen LogP contribution is 2.34. The van der Waals surface area contributed by atoms with Crippen LogP contribution in [0, 0.1) is 0 Å². The molecule has 25 heavy (non-hydrogen) atoms. The molecule has 2 aromatic rings. The van der Waals surface area contributed by atoms with E-state index in [1.807, 2.05) is 18.2 Å². The van der Waals surface area contributed by atoms with E-state index in [1.165, 1.54) is 13.1 Å². The molecule has 0 aliphatic carbocycles. The summed E-state index contributed by atoms with van der Waals surface area (Å²) in [5.41, 5.74) is -0.510. The maximum absolute atomic E-state index is 12.9. The lowest BCUT2D eigenvalue weighted by molar-refractivity contribution is -0.141. The zero-order valence-corrected chi connectivity index (χ0v) is 13.9. The van der Waals surface area contributed by atoms with Gasteiger partial charge in [-0.15, -0.1) is 0 Å². The number of rotatable bonds is 5. The highest BCUT2D eigenvalue weighted by molar-refractivity contribution is 6.31. The number of benzene rings is 1. The molecule has 0 spiro atoms. The zero-order chi connectivity index (χ0) is 18.4. The number of aromatic nitrogens is 2. The van der Waals surface area contributed by atoms with Gasteiger partial charge in [-0.2, -0.15) is 18.3 Å². The van der Waals surface area contributed by atoms with Gasteiger partial charge in [0.25, 0.3) is 0 Å². The Bertz CT molecular complexity index is 758. The molecule has 1 N–H and O–H groups in total. The minimum absolute atomic E-state index is 0.0177. The fourth-order valence-electron chi connectivity index (χ4n) is 1.97. The Labute approximate surface area is 147 Å². The van der Waals surface area contributed by atoms with E-state index in [0.29, 0.717) is 0 Å². The van der Waals surface area contributed by atoms with Gasteiger partial charge in [0.2, 0.25) is 0 Å². The molecule has 1 aromatic heterocycles. The average molecular weight is 374 g/mol. The van der Waals surface area contributed by atoms with E-state index in [2.05, 4.69) is 10.4 Å². The van der Waals surface area contributed by atoms with Crippen molar-refractivity contribution in [3.63, 3.8) is 0 Å². The van der Waals surface area contributed by atoms with Crippen LogP contribution in [0.25, 0.3) is 6.08 Å². The molecule has 0 saturated heterocycles. The summed E-state index contributed by atoms with van der Waals surface area (Å²) in [6.07, 6.45) is -2.80. The van der Waals surface area contributed by atoms with E-state index in [-0.39, 0.29) is 23.9 Å². The number of carbonyl (C=O) groups is 1. The molecule has 0 bridgehead atoms. The van der Waals surface area contributed by atoms with Gasteiger partial charge >= 0.3 is 12.3 Å². The molecule has 134 valence electrons. The lowest BCUT2D eigenvalue weighted by Gasteiger charge is -2.05. The molecule has 5 nitrogen and oxygen atoms in total. The van der Waals surface area contributed by atoms with Gasteiger partial charge in [-0.25, -0.2) is 4.79 Å². The normalized spacial score (nSPS) is 11.7. The molecule has 1 aromatic carbocycles. The summed E-state index contributed by atoms with van der Waals surface area (Å²) in [7, 11) is 1.31. The van der Waals surface area contributed by atoms with Crippen LogP contribution in [0.3, 0.4) is 0 Å². The van der Waals surface area contributed by atoms with Crippen LogP contribution in [-0.2, 0) is 24.6 Å². The number of aryl methyl sites for hydroxylation is 1. The Hall–Kier alpha value is -2.48. The van der Waals surface area contributed by atoms with Gasteiger partial charge in [0.05, 0.1) is 0 Å². The van der Waals surface area contributed by atoms with Gasteiger partial charge in [0.15, 0.2) is 5.69 Å². The number of carbonyl (C=O) groups excluding carboxylic acids is 1. The lowest BCUT2D eigenvalue weighted by Crippen LogP contribution is -2.24. The average Bonchev–Trinajstić information content (AvgIpc) is 2.86. The second-order valence-corrected chi connectivity index (χ2v) is 5.38. The number of amides is 1. The van der Waals surface area contributed by atoms with Gasteiger partial charge in [-0.05, 0) is 5.56 Å². The SMILES string of the molecule is Cn1nc(C(F)(F)F)c(C=CCNC(=O)OCc2ccccc2)c1Cl. The van der Waals surface area contributed by atoms with E-state index >= 15 is 0 Å². The maximum Gasteiger partial charge on any atom is 0.435 e. The van der Waals surface area contributed by atoms with Crippen LogP contribution in [-0.4, -0.2) is 22.4 Å². The maximum atomic E-state index is 12.9. The third-order valence-electron chi connectivity index (χ3n) is 3.14. The van der Waals surface area contributed by atoms with Crippen LogP contribution in [0.2, 0.25) is 5.15 Å². The minimum Gasteiger partial charge on any atom is -0.445 e. The van der Waals surface area contributed by atoms with Gasteiger partial charge < -0.3 is 10.1 Å². The fraction of sp³-hybridized carbons (Fsp3) is 0.250. The molecule has 1 heterocycles. The van der Waals surface area contributed by atoms with Crippen molar-refractivity contribution >= 4 is 23.8 Å². The number of hydrogen-bond donors (Lipinski definition) is 1. The molecule has 0 aliphatic heterocycles. The van der Waals surface area contributed by atoms with Crippen molar-refractivity contribution in [1.29, 1.82) is 0 Å². The van der Waals surface area contributed by atoms with Crippen molar-refractivity contribution in [1.82, 2.24) is 15.1 Å². The van der Waals surface area contributed by atoms with Gasteiger partial charge in [-0.3, -0.25) is 4.68 Å². The Kier molecular flexibility index (Phi) is 6.08. The minimum atomic E-state index is -4.62. The predicted octanol–water partition coefficient (Wildman–Crippen LogP) is 4.03. The molecule has 2 rings (SSSR count). The summed E-state index contributed by atoms with van der Waals surface area (Å²) in [5.74, 6) is 0. The second-order valence-electron chi connectivity index (χ2n) is 5.02. The van der Waals surface area contributed by atoms with Crippen LogP contribution in [0.4, 0.5) is 18.0 Å². The molecular formula is C16H15ClF3N3O2. The van der Waals surface area contributed by atoms with Crippen molar-refractivity contribution in [2.45, 2.75) is 12.8 Å². The van der Waals surface area contributed by atoms with Crippen molar-refractivity contribution in [2.75, 3.05) is 6.54 Å². The van der Waals surface area contributed by atoms with Crippen molar-refractivity contribution in [3.05, 3.63) is 58.4 Å². The summed E-state index contributed by atoms with van der Waals surface area (Å²) >= 11 is 5.82. The van der Waals surface area contributed by atoms with Gasteiger partial charge in [-0.1, -0.05) is 54.1 Å². The van der Waals surface area contributed by atoms with E-state index in [4.69, 9.17) is 16.3 Å². The molecule has 0 unspecified atom stereocenters. The molecule has 1 amide bonds. The highest BCUT2D eigenvalue weighted by atomic mass is 35.5. The van der Waals surface area contributed by atoms with Crippen LogP contribution >= 0.6 is 11.6 Å². The molecular weight excluding hydrogens is 359 g/mol. The van der Waals surface area contributed by atoms with Crippen LogP contribution < -0.4 is 5.32 Å². The number of nitrogens with zero attached hydrogens (tertiary/aromatic N) is 2. The zero-order valence-electron chi connectivity index (χ0n) is 13.2. The Balaban J connectivity index is 1.88. The van der Waals surface area contributed by atoms with E-state index in [0.717, 1.165) is 16.3 Å².